The molecule has 1 heterocycles. The summed E-state index contributed by atoms with van der Waals surface area (Å²) in [6.07, 6.45) is 1.70. The lowest BCUT2D eigenvalue weighted by molar-refractivity contribution is -0.152. The zero-order valence-electron chi connectivity index (χ0n) is 16.4. The van der Waals surface area contributed by atoms with Crippen molar-refractivity contribution in [3.8, 4) is 5.75 Å². The Balaban J connectivity index is 1.96. The van der Waals surface area contributed by atoms with E-state index in [-0.39, 0.29) is 37.4 Å². The largest absolute Gasteiger partial charge is 0.495 e. The lowest BCUT2D eigenvalue weighted by atomic mass is 10.1. The van der Waals surface area contributed by atoms with Crippen molar-refractivity contribution in [2.24, 2.45) is 5.92 Å². The zero-order chi connectivity index (χ0) is 20.0. The van der Waals surface area contributed by atoms with Gasteiger partial charge in [0, 0.05) is 19.0 Å². The third-order valence-corrected chi connectivity index (χ3v) is 4.78. The van der Waals surface area contributed by atoms with Gasteiger partial charge in [-0.25, -0.2) is 0 Å². The topological polar surface area (TPSA) is 84.9 Å². The summed E-state index contributed by atoms with van der Waals surface area (Å²) in [6, 6.07) is 5.63. The van der Waals surface area contributed by atoms with Gasteiger partial charge in [-0.2, -0.15) is 0 Å². The Morgan fingerprint density at radius 3 is 2.63 bits per heavy atom. The van der Waals surface area contributed by atoms with E-state index < -0.39 is 11.9 Å². The van der Waals surface area contributed by atoms with Gasteiger partial charge in [0.25, 0.3) is 5.91 Å². The Kier molecular flexibility index (Phi) is 7.21. The van der Waals surface area contributed by atoms with E-state index >= 15 is 0 Å². The van der Waals surface area contributed by atoms with Crippen molar-refractivity contribution in [1.29, 1.82) is 0 Å². The number of anilines is 1. The van der Waals surface area contributed by atoms with Crippen LogP contribution in [0.1, 0.15) is 38.7 Å². The summed E-state index contributed by atoms with van der Waals surface area (Å²) in [5, 5.41) is 2.82. The molecule has 2 rings (SSSR count). The minimum atomic E-state index is -0.594. The fraction of sp³-hybridized carbons (Fsp3) is 0.550. The number of benzene rings is 1. The molecule has 0 aromatic heterocycles. The quantitative estimate of drug-likeness (QED) is 0.703. The molecule has 1 aromatic rings. The molecule has 0 bridgehead atoms. The number of esters is 1. The fourth-order valence-electron chi connectivity index (χ4n) is 3.13. The van der Waals surface area contributed by atoms with Gasteiger partial charge < -0.3 is 19.7 Å². The molecule has 0 aliphatic carbocycles. The minimum Gasteiger partial charge on any atom is -0.495 e. The van der Waals surface area contributed by atoms with Gasteiger partial charge >= 0.3 is 5.97 Å². The molecule has 1 aliphatic rings. The van der Waals surface area contributed by atoms with Crippen LogP contribution >= 0.6 is 0 Å². The van der Waals surface area contributed by atoms with Crippen LogP contribution in [-0.4, -0.2) is 44.1 Å². The molecule has 1 fully saturated rings. The van der Waals surface area contributed by atoms with Crippen molar-refractivity contribution in [2.75, 3.05) is 25.2 Å². The standard InChI is InChI=1S/C20H28N2O5/c1-5-15(6-2)21-18(23)12-27-20(25)14-10-19(24)22(11-14)16-9-13(3)7-8-17(16)26-4/h7-9,14-15H,5-6,10-12H2,1-4H3,(H,21,23)/t14-/m0/s1. The number of hydrogen-bond donors (Lipinski definition) is 1. The van der Waals surface area contributed by atoms with Gasteiger partial charge in [-0.1, -0.05) is 19.9 Å². The molecule has 0 unspecified atom stereocenters. The average molecular weight is 376 g/mol. The molecule has 0 spiro atoms. The second-order valence-corrected chi connectivity index (χ2v) is 6.77. The van der Waals surface area contributed by atoms with Crippen LogP contribution < -0.4 is 15.0 Å². The molecule has 1 aliphatic heterocycles. The maximum atomic E-state index is 12.4. The third kappa shape index (κ3) is 5.21. The predicted molar refractivity (Wildman–Crippen MR) is 102 cm³/mol. The van der Waals surface area contributed by atoms with Gasteiger partial charge in [-0.05, 0) is 37.5 Å². The molecule has 2 amide bonds. The van der Waals surface area contributed by atoms with E-state index in [0.29, 0.717) is 11.4 Å². The van der Waals surface area contributed by atoms with Crippen LogP contribution in [0.15, 0.2) is 18.2 Å². The second-order valence-electron chi connectivity index (χ2n) is 6.77. The molecule has 0 saturated carbocycles. The smallest absolute Gasteiger partial charge is 0.311 e. The summed E-state index contributed by atoms with van der Waals surface area (Å²) in [4.78, 5) is 38.1. The number of nitrogens with zero attached hydrogens (tertiary/aromatic N) is 1. The second kappa shape index (κ2) is 9.39. The van der Waals surface area contributed by atoms with Crippen molar-refractivity contribution in [2.45, 2.75) is 46.1 Å². The predicted octanol–water partition coefficient (Wildman–Crippen LogP) is 2.20. The van der Waals surface area contributed by atoms with Crippen molar-refractivity contribution >= 4 is 23.5 Å². The summed E-state index contributed by atoms with van der Waals surface area (Å²) in [7, 11) is 1.54. The van der Waals surface area contributed by atoms with Crippen molar-refractivity contribution in [3.63, 3.8) is 0 Å². The van der Waals surface area contributed by atoms with Crippen molar-refractivity contribution < 1.29 is 23.9 Å². The number of nitrogens with one attached hydrogen (secondary N) is 1. The van der Waals surface area contributed by atoms with Gasteiger partial charge in [0.1, 0.15) is 5.75 Å². The lowest BCUT2D eigenvalue weighted by Gasteiger charge is -2.20. The van der Waals surface area contributed by atoms with Gasteiger partial charge in [0.2, 0.25) is 5.91 Å². The van der Waals surface area contributed by atoms with Crippen LogP contribution in [-0.2, 0) is 19.1 Å². The Bertz CT molecular complexity index is 700. The summed E-state index contributed by atoms with van der Waals surface area (Å²) in [5.41, 5.74) is 1.63. The van der Waals surface area contributed by atoms with Crippen LogP contribution in [0, 0.1) is 12.8 Å². The maximum absolute atomic E-state index is 12.4. The first kappa shape index (κ1) is 20.7. The average Bonchev–Trinajstić information content (AvgIpc) is 3.05. The molecule has 148 valence electrons. The van der Waals surface area contributed by atoms with Gasteiger partial charge in [-0.15, -0.1) is 0 Å². The van der Waals surface area contributed by atoms with Gasteiger partial charge in [-0.3, -0.25) is 14.4 Å². The Hall–Kier alpha value is -2.57. The number of amides is 2. The Morgan fingerprint density at radius 1 is 1.30 bits per heavy atom. The highest BCUT2D eigenvalue weighted by Crippen LogP contribution is 2.34. The molecule has 1 N–H and O–H groups in total. The first-order valence-electron chi connectivity index (χ1n) is 9.30. The normalized spacial score (nSPS) is 16.6. The first-order valence-corrected chi connectivity index (χ1v) is 9.30. The monoisotopic (exact) mass is 376 g/mol. The molecule has 1 aromatic carbocycles. The van der Waals surface area contributed by atoms with E-state index in [2.05, 4.69) is 5.32 Å². The van der Waals surface area contributed by atoms with Crippen molar-refractivity contribution in [1.82, 2.24) is 5.32 Å². The van der Waals surface area contributed by atoms with Gasteiger partial charge in [0.15, 0.2) is 6.61 Å². The molecule has 0 radical (unpaired) electrons. The first-order chi connectivity index (χ1) is 12.9. The third-order valence-electron chi connectivity index (χ3n) is 4.78. The van der Waals surface area contributed by atoms with E-state index in [1.54, 1.807) is 18.1 Å². The lowest BCUT2D eigenvalue weighted by Crippen LogP contribution is -2.37. The molecular weight excluding hydrogens is 348 g/mol. The molecular formula is C20H28N2O5. The molecule has 27 heavy (non-hydrogen) atoms. The summed E-state index contributed by atoms with van der Waals surface area (Å²) in [6.45, 7) is 5.78. The highest BCUT2D eigenvalue weighted by molar-refractivity contribution is 6.00. The van der Waals surface area contributed by atoms with Crippen LogP contribution in [0.4, 0.5) is 5.69 Å². The molecule has 7 nitrogen and oxygen atoms in total. The van der Waals surface area contributed by atoms with E-state index in [9.17, 15) is 14.4 Å². The number of methoxy groups -OCH3 is 1. The van der Waals surface area contributed by atoms with E-state index in [0.717, 1.165) is 18.4 Å². The minimum absolute atomic E-state index is 0.0596. The SMILES string of the molecule is CCC(CC)NC(=O)COC(=O)[C@H]1CC(=O)N(c2cc(C)ccc2OC)C1. The van der Waals surface area contributed by atoms with Crippen LogP contribution in [0.25, 0.3) is 0 Å². The molecule has 1 atom stereocenters. The zero-order valence-corrected chi connectivity index (χ0v) is 16.4. The number of carbonyl (C=O) groups is 3. The van der Waals surface area contributed by atoms with Crippen LogP contribution in [0.2, 0.25) is 0 Å². The number of carbonyl (C=O) groups excluding carboxylic acids is 3. The molecule has 1 saturated heterocycles. The number of ether oxygens (including phenoxy) is 2. The van der Waals surface area contributed by atoms with E-state index in [1.807, 2.05) is 32.9 Å². The fourth-order valence-corrected chi connectivity index (χ4v) is 3.13. The van der Waals surface area contributed by atoms with Crippen molar-refractivity contribution in [3.05, 3.63) is 23.8 Å². The van der Waals surface area contributed by atoms with E-state index in [1.165, 1.54) is 0 Å². The van der Waals surface area contributed by atoms with E-state index in [4.69, 9.17) is 9.47 Å². The number of aryl methyl sites for hydroxylation is 1. The maximum Gasteiger partial charge on any atom is 0.311 e. The Labute approximate surface area is 160 Å². The highest BCUT2D eigenvalue weighted by Gasteiger charge is 2.37. The summed E-state index contributed by atoms with van der Waals surface area (Å²) >= 11 is 0. The highest BCUT2D eigenvalue weighted by atomic mass is 16.5. The van der Waals surface area contributed by atoms with Crippen LogP contribution in [0.5, 0.6) is 5.75 Å². The van der Waals surface area contributed by atoms with Crippen LogP contribution in [0.3, 0.4) is 0 Å². The number of hydrogen-bond acceptors (Lipinski definition) is 5. The summed E-state index contributed by atoms with van der Waals surface area (Å²) < 4.78 is 10.5. The molecule has 7 heteroatoms. The Morgan fingerprint density at radius 2 is 2.00 bits per heavy atom. The van der Waals surface area contributed by atoms with Gasteiger partial charge in [0.05, 0.1) is 18.7 Å². The summed E-state index contributed by atoms with van der Waals surface area (Å²) in [5.74, 6) is -1.03. The number of rotatable bonds is 8.